The first-order valence-corrected chi connectivity index (χ1v) is 6.23. The maximum absolute atomic E-state index is 12.1. The molecule has 0 atom stereocenters. The van der Waals surface area contributed by atoms with Crippen molar-refractivity contribution in [1.29, 1.82) is 0 Å². The van der Waals surface area contributed by atoms with Crippen molar-refractivity contribution in [3.8, 4) is 17.2 Å². The van der Waals surface area contributed by atoms with Crippen LogP contribution in [0.1, 0.15) is 0 Å². The van der Waals surface area contributed by atoms with Crippen molar-refractivity contribution in [2.24, 2.45) is 0 Å². The number of rotatable bonds is 4. The fraction of sp³-hybridized carbons (Fsp3) is 0.143. The molecule has 0 aliphatic heterocycles. The average molecular weight is 318 g/mol. The summed E-state index contributed by atoms with van der Waals surface area (Å²) in [4.78, 5) is 0. The molecule has 3 nitrogen and oxygen atoms in total. The summed E-state index contributed by atoms with van der Waals surface area (Å²) in [6.07, 6.45) is -4.41. The van der Waals surface area contributed by atoms with Gasteiger partial charge in [-0.2, -0.15) is 13.2 Å². The van der Waals surface area contributed by atoms with Gasteiger partial charge in [-0.3, -0.25) is 0 Å². The molecule has 0 amide bonds. The van der Waals surface area contributed by atoms with Crippen LogP contribution >= 0.6 is 11.6 Å². The van der Waals surface area contributed by atoms with Gasteiger partial charge in [0.25, 0.3) is 0 Å². The summed E-state index contributed by atoms with van der Waals surface area (Å²) in [5.74, 6) is 0.734. The first-order valence-electron chi connectivity index (χ1n) is 5.85. The Labute approximate surface area is 124 Å². The second kappa shape index (κ2) is 6.13. The van der Waals surface area contributed by atoms with Crippen LogP contribution in [0.5, 0.6) is 17.2 Å². The van der Waals surface area contributed by atoms with Crippen molar-refractivity contribution < 1.29 is 22.6 Å². The summed E-state index contributed by atoms with van der Waals surface area (Å²) in [5.41, 5.74) is 5.85. The molecule has 0 aromatic heterocycles. The van der Waals surface area contributed by atoms with E-state index in [4.69, 9.17) is 22.1 Å². The fourth-order valence-electron chi connectivity index (χ4n) is 1.54. The van der Waals surface area contributed by atoms with Crippen LogP contribution in [0.4, 0.5) is 18.9 Å². The Balaban J connectivity index is 2.13. The number of nitrogens with two attached hydrogens (primary N) is 1. The van der Waals surface area contributed by atoms with Gasteiger partial charge >= 0.3 is 6.18 Å². The number of ether oxygens (including phenoxy) is 2. The molecule has 0 saturated carbocycles. The lowest BCUT2D eigenvalue weighted by Gasteiger charge is -2.12. The number of anilines is 1. The zero-order valence-electron chi connectivity index (χ0n) is 10.7. The highest BCUT2D eigenvalue weighted by atomic mass is 35.5. The highest BCUT2D eigenvalue weighted by molar-refractivity contribution is 6.30. The number of alkyl halides is 3. The van der Waals surface area contributed by atoms with E-state index in [0.717, 1.165) is 0 Å². The number of nitrogen functional groups attached to an aromatic ring is 1. The minimum Gasteiger partial charge on any atom is -0.484 e. The van der Waals surface area contributed by atoms with Crippen LogP contribution in [0, 0.1) is 0 Å². The van der Waals surface area contributed by atoms with Gasteiger partial charge in [0.05, 0.1) is 0 Å². The molecule has 7 heteroatoms. The van der Waals surface area contributed by atoms with Gasteiger partial charge in [-0.05, 0) is 24.3 Å². The maximum atomic E-state index is 12.1. The third-order valence-electron chi connectivity index (χ3n) is 2.35. The van der Waals surface area contributed by atoms with Crippen LogP contribution in [-0.4, -0.2) is 12.8 Å². The molecule has 112 valence electrons. The Morgan fingerprint density at radius 2 is 1.57 bits per heavy atom. The summed E-state index contributed by atoms with van der Waals surface area (Å²) in [7, 11) is 0. The minimum absolute atomic E-state index is 0.0173. The molecule has 0 heterocycles. The van der Waals surface area contributed by atoms with E-state index in [2.05, 4.69) is 4.74 Å². The molecule has 0 spiro atoms. The third-order valence-corrected chi connectivity index (χ3v) is 2.61. The van der Waals surface area contributed by atoms with Gasteiger partial charge in [0.15, 0.2) is 6.61 Å². The van der Waals surface area contributed by atoms with Gasteiger partial charge in [-0.1, -0.05) is 11.6 Å². The number of benzene rings is 2. The van der Waals surface area contributed by atoms with Crippen molar-refractivity contribution in [2.45, 2.75) is 6.18 Å². The highest BCUT2D eigenvalue weighted by Gasteiger charge is 2.28. The van der Waals surface area contributed by atoms with Gasteiger partial charge in [0.1, 0.15) is 17.2 Å². The Kier molecular flexibility index (Phi) is 4.47. The molecule has 2 rings (SSSR count). The first-order chi connectivity index (χ1) is 9.82. The molecule has 21 heavy (non-hydrogen) atoms. The Morgan fingerprint density at radius 1 is 0.952 bits per heavy atom. The standard InChI is InChI=1S/C14H11ClF3NO2/c15-9-1-3-11(4-2-9)21-13-6-10(19)5-12(7-13)20-8-14(16,17)18/h1-7H,8,19H2. The predicted molar refractivity (Wildman–Crippen MR) is 73.9 cm³/mol. The van der Waals surface area contributed by atoms with E-state index in [-0.39, 0.29) is 17.2 Å². The smallest absolute Gasteiger partial charge is 0.422 e. The molecule has 0 radical (unpaired) electrons. The fourth-order valence-corrected chi connectivity index (χ4v) is 1.67. The number of halogens is 4. The largest absolute Gasteiger partial charge is 0.484 e. The van der Waals surface area contributed by atoms with Crippen molar-refractivity contribution >= 4 is 17.3 Å². The quantitative estimate of drug-likeness (QED) is 0.834. The SMILES string of the molecule is Nc1cc(OCC(F)(F)F)cc(Oc2ccc(Cl)cc2)c1. The molecule has 0 aliphatic carbocycles. The van der Waals surface area contributed by atoms with Crippen LogP contribution in [-0.2, 0) is 0 Å². The molecule has 2 aromatic carbocycles. The summed E-state index contributed by atoms with van der Waals surface area (Å²) in [5, 5.41) is 0.545. The monoisotopic (exact) mass is 317 g/mol. The summed E-state index contributed by atoms with van der Waals surface area (Å²) in [6.45, 7) is -1.39. The molecule has 0 unspecified atom stereocenters. The second-order valence-electron chi connectivity index (χ2n) is 4.20. The molecule has 2 N–H and O–H groups in total. The minimum atomic E-state index is -4.41. The van der Waals surface area contributed by atoms with E-state index in [0.29, 0.717) is 10.8 Å². The van der Waals surface area contributed by atoms with Gasteiger partial charge in [-0.25, -0.2) is 0 Å². The van der Waals surface area contributed by atoms with Crippen LogP contribution < -0.4 is 15.2 Å². The summed E-state index contributed by atoms with van der Waals surface area (Å²) in [6, 6.07) is 10.6. The lowest BCUT2D eigenvalue weighted by molar-refractivity contribution is -0.153. The van der Waals surface area contributed by atoms with E-state index in [1.807, 2.05) is 0 Å². The van der Waals surface area contributed by atoms with Crippen LogP contribution in [0.25, 0.3) is 0 Å². The normalized spacial score (nSPS) is 11.2. The Hall–Kier alpha value is -2.08. The topological polar surface area (TPSA) is 44.5 Å². The summed E-state index contributed by atoms with van der Waals surface area (Å²) < 4.78 is 46.5. The van der Waals surface area contributed by atoms with E-state index in [1.165, 1.54) is 18.2 Å². The molecular formula is C14H11ClF3NO2. The van der Waals surface area contributed by atoms with Crippen molar-refractivity contribution in [2.75, 3.05) is 12.3 Å². The molecule has 0 saturated heterocycles. The summed E-state index contributed by atoms with van der Waals surface area (Å²) >= 11 is 5.75. The van der Waals surface area contributed by atoms with E-state index in [1.54, 1.807) is 24.3 Å². The molecule has 0 aliphatic rings. The van der Waals surface area contributed by atoms with Gasteiger partial charge in [-0.15, -0.1) is 0 Å². The van der Waals surface area contributed by atoms with Gasteiger partial charge in [0, 0.05) is 28.9 Å². The molecule has 0 bridgehead atoms. The average Bonchev–Trinajstić information content (AvgIpc) is 2.38. The zero-order valence-corrected chi connectivity index (χ0v) is 11.4. The zero-order chi connectivity index (χ0) is 15.5. The molecule has 2 aromatic rings. The van der Waals surface area contributed by atoms with Gasteiger partial charge < -0.3 is 15.2 Å². The van der Waals surface area contributed by atoms with E-state index in [9.17, 15) is 13.2 Å². The molecular weight excluding hydrogens is 307 g/mol. The van der Waals surface area contributed by atoms with Crippen LogP contribution in [0.3, 0.4) is 0 Å². The first kappa shape index (κ1) is 15.3. The van der Waals surface area contributed by atoms with Crippen molar-refractivity contribution in [1.82, 2.24) is 0 Å². The van der Waals surface area contributed by atoms with E-state index >= 15 is 0 Å². The Morgan fingerprint density at radius 3 is 2.19 bits per heavy atom. The highest BCUT2D eigenvalue weighted by Crippen LogP contribution is 2.30. The number of hydrogen-bond acceptors (Lipinski definition) is 3. The Bertz CT molecular complexity index is 615. The predicted octanol–water partition coefficient (Wildman–Crippen LogP) is 4.66. The van der Waals surface area contributed by atoms with E-state index < -0.39 is 12.8 Å². The van der Waals surface area contributed by atoms with Crippen molar-refractivity contribution in [3.63, 3.8) is 0 Å². The van der Waals surface area contributed by atoms with Crippen LogP contribution in [0.15, 0.2) is 42.5 Å². The lowest BCUT2D eigenvalue weighted by Crippen LogP contribution is -2.19. The third kappa shape index (κ3) is 5.07. The van der Waals surface area contributed by atoms with Crippen molar-refractivity contribution in [3.05, 3.63) is 47.5 Å². The lowest BCUT2D eigenvalue weighted by atomic mass is 10.3. The van der Waals surface area contributed by atoms with Crippen LogP contribution in [0.2, 0.25) is 5.02 Å². The second-order valence-corrected chi connectivity index (χ2v) is 4.63. The number of hydrogen-bond donors (Lipinski definition) is 1. The molecule has 0 fully saturated rings. The maximum Gasteiger partial charge on any atom is 0.422 e. The van der Waals surface area contributed by atoms with Gasteiger partial charge in [0.2, 0.25) is 0 Å².